The Morgan fingerprint density at radius 2 is 1.62 bits per heavy atom. The van der Waals surface area contributed by atoms with Crippen LogP contribution in [0.15, 0.2) is 85.1 Å². The lowest BCUT2D eigenvalue weighted by molar-refractivity contribution is -0.141. The predicted octanol–water partition coefficient (Wildman–Crippen LogP) is 5.76. The summed E-state index contributed by atoms with van der Waals surface area (Å²) < 4.78 is 5.59. The summed E-state index contributed by atoms with van der Waals surface area (Å²) in [7, 11) is 0. The first-order valence-corrected chi connectivity index (χ1v) is 14.0. The predicted molar refractivity (Wildman–Crippen MR) is 155 cm³/mol. The Labute approximate surface area is 230 Å². The minimum Gasteiger partial charge on any atom is -0.494 e. The van der Waals surface area contributed by atoms with Crippen LogP contribution < -0.4 is 4.74 Å². The van der Waals surface area contributed by atoms with Crippen LogP contribution in [0.25, 0.3) is 10.9 Å². The normalized spacial score (nSPS) is 12.8. The highest BCUT2D eigenvalue weighted by Crippen LogP contribution is 2.28. The summed E-state index contributed by atoms with van der Waals surface area (Å²) in [5.41, 5.74) is 4.47. The van der Waals surface area contributed by atoms with Crippen molar-refractivity contribution >= 4 is 22.7 Å². The first kappa shape index (κ1) is 26.5. The topological polar surface area (TPSA) is 65.6 Å². The lowest BCUT2D eigenvalue weighted by atomic mass is 10.1. The molecule has 1 fully saturated rings. The number of carbonyl (C=O) groups is 2. The molecule has 3 aromatic carbocycles. The van der Waals surface area contributed by atoms with E-state index in [4.69, 9.17) is 4.74 Å². The van der Waals surface area contributed by atoms with Crippen LogP contribution in [0.4, 0.5) is 0 Å². The lowest BCUT2D eigenvalue weighted by Gasteiger charge is -2.28. The van der Waals surface area contributed by atoms with Gasteiger partial charge in [-0.25, -0.2) is 0 Å². The molecule has 1 aliphatic carbocycles. The minimum absolute atomic E-state index is 0.0105. The van der Waals surface area contributed by atoms with Gasteiger partial charge in [-0.15, -0.1) is 0 Å². The van der Waals surface area contributed by atoms with Crippen molar-refractivity contribution in [3.8, 4) is 5.75 Å². The zero-order valence-electron chi connectivity index (χ0n) is 22.6. The molecule has 1 heterocycles. The van der Waals surface area contributed by atoms with Gasteiger partial charge in [-0.3, -0.25) is 9.59 Å². The molecule has 2 amide bonds. The fraction of sp³-hybridized carbons (Fsp3) is 0.333. The van der Waals surface area contributed by atoms with Gasteiger partial charge < -0.3 is 19.5 Å². The summed E-state index contributed by atoms with van der Waals surface area (Å²) in [6.45, 7) is 3.77. The number of aromatic nitrogens is 1. The molecule has 1 N–H and O–H groups in total. The van der Waals surface area contributed by atoms with Crippen molar-refractivity contribution in [2.75, 3.05) is 19.7 Å². The number of aromatic amines is 1. The number of ether oxygens (including phenoxy) is 1. The van der Waals surface area contributed by atoms with Crippen molar-refractivity contribution in [1.82, 2.24) is 14.8 Å². The molecule has 0 saturated heterocycles. The van der Waals surface area contributed by atoms with Crippen LogP contribution >= 0.6 is 0 Å². The maximum atomic E-state index is 13.8. The molecule has 1 aromatic heterocycles. The van der Waals surface area contributed by atoms with E-state index in [1.165, 1.54) is 10.9 Å². The molecule has 6 nitrogen and oxygen atoms in total. The van der Waals surface area contributed by atoms with Crippen molar-refractivity contribution in [3.63, 3.8) is 0 Å². The molecule has 0 radical (unpaired) electrons. The molecule has 0 bridgehead atoms. The molecule has 4 aromatic rings. The fourth-order valence-corrected chi connectivity index (χ4v) is 5.06. The van der Waals surface area contributed by atoms with Crippen molar-refractivity contribution in [2.24, 2.45) is 0 Å². The Hall–Kier alpha value is -4.06. The lowest BCUT2D eigenvalue weighted by Crippen LogP contribution is -2.44. The second kappa shape index (κ2) is 12.7. The monoisotopic (exact) mass is 523 g/mol. The molecule has 202 valence electrons. The van der Waals surface area contributed by atoms with Crippen LogP contribution in [0, 0.1) is 0 Å². The van der Waals surface area contributed by atoms with Crippen LogP contribution in [-0.4, -0.2) is 52.3 Å². The average molecular weight is 524 g/mol. The first-order chi connectivity index (χ1) is 19.1. The van der Waals surface area contributed by atoms with Crippen molar-refractivity contribution in [3.05, 3.63) is 102 Å². The van der Waals surface area contributed by atoms with Gasteiger partial charge in [0.1, 0.15) is 12.3 Å². The van der Waals surface area contributed by atoms with Gasteiger partial charge in [-0.1, -0.05) is 60.7 Å². The molecule has 0 unspecified atom stereocenters. The molecule has 39 heavy (non-hydrogen) atoms. The van der Waals surface area contributed by atoms with Crippen LogP contribution in [-0.2, 0) is 29.0 Å². The van der Waals surface area contributed by atoms with E-state index in [2.05, 4.69) is 17.1 Å². The molecule has 0 atom stereocenters. The molecule has 6 heteroatoms. The molecular formula is C33H37N3O3. The van der Waals surface area contributed by atoms with Gasteiger partial charge >= 0.3 is 0 Å². The number of aryl methyl sites for hydroxylation is 1. The molecule has 1 aliphatic rings. The maximum Gasteiger partial charge on any atom is 0.242 e. The van der Waals surface area contributed by atoms with Gasteiger partial charge in [-0.05, 0) is 67.5 Å². The number of fused-ring (bicyclic) bond motifs is 1. The van der Waals surface area contributed by atoms with Gasteiger partial charge in [-0.2, -0.15) is 0 Å². The maximum absolute atomic E-state index is 13.8. The molecule has 0 spiro atoms. The summed E-state index contributed by atoms with van der Waals surface area (Å²) in [4.78, 5) is 34.1. The Morgan fingerprint density at radius 3 is 2.36 bits per heavy atom. The number of benzene rings is 3. The highest BCUT2D eigenvalue weighted by Gasteiger charge is 2.34. The molecule has 5 rings (SSSR count). The molecular weight excluding hydrogens is 486 g/mol. The second-order valence-corrected chi connectivity index (χ2v) is 10.2. The standard InChI is InChI=1S/C33H37N3O3/c1-2-39-29-17-12-26(13-18-29)23-35(21-20-27-22-34-31-11-7-6-10-30(27)31)33(38)24-36(28-15-16-28)32(37)19-14-25-8-4-3-5-9-25/h3-13,17-18,22,28,34H,2,14-16,19-21,23-24H2,1H3. The average Bonchev–Trinajstić information content (AvgIpc) is 3.73. The highest BCUT2D eigenvalue weighted by atomic mass is 16.5. The van der Waals surface area contributed by atoms with Crippen LogP contribution in [0.1, 0.15) is 42.9 Å². The number of para-hydroxylation sites is 1. The summed E-state index contributed by atoms with van der Waals surface area (Å²) >= 11 is 0. The third kappa shape index (κ3) is 7.08. The minimum atomic E-state index is -0.0105. The van der Waals surface area contributed by atoms with Crippen LogP contribution in [0.3, 0.4) is 0 Å². The van der Waals surface area contributed by atoms with Gasteiger partial charge in [0, 0.05) is 42.7 Å². The summed E-state index contributed by atoms with van der Waals surface area (Å²) in [6.07, 6.45) is 5.82. The molecule has 0 aliphatic heterocycles. The quantitative estimate of drug-likeness (QED) is 0.242. The number of hydrogen-bond donors (Lipinski definition) is 1. The third-order valence-corrected chi connectivity index (χ3v) is 7.37. The Bertz CT molecular complexity index is 1380. The Morgan fingerprint density at radius 1 is 0.872 bits per heavy atom. The van der Waals surface area contributed by atoms with Crippen molar-refractivity contribution in [1.29, 1.82) is 0 Å². The van der Waals surface area contributed by atoms with Gasteiger partial charge in [0.25, 0.3) is 0 Å². The van der Waals surface area contributed by atoms with E-state index in [1.54, 1.807) is 0 Å². The van der Waals surface area contributed by atoms with E-state index in [9.17, 15) is 9.59 Å². The number of carbonyl (C=O) groups excluding carboxylic acids is 2. The Kier molecular flexibility index (Phi) is 8.61. The van der Waals surface area contributed by atoms with E-state index in [1.807, 2.05) is 89.7 Å². The number of amides is 2. The highest BCUT2D eigenvalue weighted by molar-refractivity contribution is 5.86. The summed E-state index contributed by atoms with van der Waals surface area (Å²) in [5, 5.41) is 1.18. The third-order valence-electron chi connectivity index (χ3n) is 7.37. The van der Waals surface area contributed by atoms with E-state index in [0.717, 1.165) is 41.7 Å². The van der Waals surface area contributed by atoms with Crippen LogP contribution in [0.5, 0.6) is 5.75 Å². The largest absolute Gasteiger partial charge is 0.494 e. The zero-order valence-corrected chi connectivity index (χ0v) is 22.6. The van der Waals surface area contributed by atoms with Crippen molar-refractivity contribution in [2.45, 2.75) is 51.6 Å². The zero-order chi connectivity index (χ0) is 27.0. The second-order valence-electron chi connectivity index (χ2n) is 10.2. The van der Waals surface area contributed by atoms with Gasteiger partial charge in [0.05, 0.1) is 6.61 Å². The van der Waals surface area contributed by atoms with E-state index >= 15 is 0 Å². The van der Waals surface area contributed by atoms with E-state index in [0.29, 0.717) is 32.5 Å². The van der Waals surface area contributed by atoms with Crippen molar-refractivity contribution < 1.29 is 14.3 Å². The summed E-state index contributed by atoms with van der Waals surface area (Å²) in [5.74, 6) is 0.873. The van der Waals surface area contributed by atoms with E-state index in [-0.39, 0.29) is 24.4 Å². The van der Waals surface area contributed by atoms with Gasteiger partial charge in [0.15, 0.2) is 0 Å². The number of rotatable bonds is 13. The fourth-order valence-electron chi connectivity index (χ4n) is 5.06. The molecule has 1 saturated carbocycles. The number of H-pyrrole nitrogens is 1. The number of nitrogens with one attached hydrogen (secondary N) is 1. The summed E-state index contributed by atoms with van der Waals surface area (Å²) in [6, 6.07) is 26.4. The smallest absolute Gasteiger partial charge is 0.242 e. The number of nitrogens with zero attached hydrogens (tertiary/aromatic N) is 2. The number of hydrogen-bond acceptors (Lipinski definition) is 3. The Balaban J connectivity index is 1.29. The van der Waals surface area contributed by atoms with E-state index < -0.39 is 0 Å². The first-order valence-electron chi connectivity index (χ1n) is 14.0. The van der Waals surface area contributed by atoms with Gasteiger partial charge in [0.2, 0.25) is 11.8 Å². The SMILES string of the molecule is CCOc1ccc(CN(CCc2c[nH]c3ccccc23)C(=O)CN(C(=O)CCc2ccccc2)C2CC2)cc1. The van der Waals surface area contributed by atoms with Crippen LogP contribution in [0.2, 0.25) is 0 Å².